The van der Waals surface area contributed by atoms with Crippen LogP contribution in [-0.2, 0) is 14.3 Å². The lowest BCUT2D eigenvalue weighted by Gasteiger charge is -2.26. The summed E-state index contributed by atoms with van der Waals surface area (Å²) in [5.74, 6) is -0.630. The number of ether oxygens (including phenoxy) is 1. The van der Waals surface area contributed by atoms with Crippen molar-refractivity contribution >= 4 is 34.7 Å². The first-order chi connectivity index (χ1) is 13.0. The van der Waals surface area contributed by atoms with Crippen molar-refractivity contribution in [3.63, 3.8) is 0 Å². The first-order valence-electron chi connectivity index (χ1n) is 8.62. The van der Waals surface area contributed by atoms with E-state index >= 15 is 0 Å². The Bertz CT molecular complexity index is 927. The molecule has 1 amide bonds. The van der Waals surface area contributed by atoms with Crippen molar-refractivity contribution in [2.45, 2.75) is 19.9 Å². The molecule has 2 aromatic carbocycles. The third-order valence-electron chi connectivity index (χ3n) is 3.83. The van der Waals surface area contributed by atoms with Crippen LogP contribution in [0.2, 0.25) is 0 Å². The van der Waals surface area contributed by atoms with Gasteiger partial charge in [-0.05, 0) is 38.1 Å². The lowest BCUT2D eigenvalue weighted by atomic mass is 10.2. The summed E-state index contributed by atoms with van der Waals surface area (Å²) in [6, 6.07) is 16.5. The second-order valence-electron chi connectivity index (χ2n) is 6.15. The Labute approximate surface area is 157 Å². The van der Waals surface area contributed by atoms with E-state index in [0.29, 0.717) is 17.0 Å². The number of amides is 1. The van der Waals surface area contributed by atoms with Crippen LogP contribution in [0.25, 0.3) is 17.2 Å². The van der Waals surface area contributed by atoms with Gasteiger partial charge in [0.25, 0.3) is 5.91 Å². The first-order valence-corrected chi connectivity index (χ1v) is 8.62. The highest BCUT2D eigenvalue weighted by Gasteiger charge is 2.19. The number of carbonyl (C=O) groups excluding carboxylic acids is 2. The number of para-hydroxylation sites is 3. The Morgan fingerprint density at radius 2 is 1.81 bits per heavy atom. The second kappa shape index (κ2) is 8.31. The van der Waals surface area contributed by atoms with E-state index in [9.17, 15) is 9.59 Å². The van der Waals surface area contributed by atoms with Crippen molar-refractivity contribution in [1.29, 1.82) is 0 Å². The van der Waals surface area contributed by atoms with Gasteiger partial charge in [-0.15, -0.1) is 0 Å². The molecule has 0 saturated carbocycles. The standard InChI is InChI=1S/C21H20N2O4/c1-15(2)23(16-8-4-3-5-9-16)20(24)14-26-21(25)13-12-19-22-17-10-6-7-11-18(17)27-19/h3-13,15H,14H2,1-2H3/b13-12+. The topological polar surface area (TPSA) is 72.6 Å². The van der Waals surface area contributed by atoms with Gasteiger partial charge >= 0.3 is 5.97 Å². The van der Waals surface area contributed by atoms with Crippen LogP contribution in [0.5, 0.6) is 0 Å². The Hall–Kier alpha value is -3.41. The molecule has 3 rings (SSSR count). The van der Waals surface area contributed by atoms with Gasteiger partial charge in [0.05, 0.1) is 0 Å². The van der Waals surface area contributed by atoms with E-state index in [1.165, 1.54) is 12.2 Å². The molecule has 0 aliphatic rings. The minimum absolute atomic E-state index is 0.0612. The third kappa shape index (κ3) is 4.61. The number of nitrogens with zero attached hydrogens (tertiary/aromatic N) is 2. The van der Waals surface area contributed by atoms with Crippen LogP contribution < -0.4 is 4.90 Å². The quantitative estimate of drug-likeness (QED) is 0.491. The van der Waals surface area contributed by atoms with Crippen molar-refractivity contribution in [2.24, 2.45) is 0 Å². The first kappa shape index (κ1) is 18.4. The predicted molar refractivity (Wildman–Crippen MR) is 103 cm³/mol. The van der Waals surface area contributed by atoms with Crippen molar-refractivity contribution in [3.8, 4) is 0 Å². The van der Waals surface area contributed by atoms with Gasteiger partial charge < -0.3 is 14.1 Å². The van der Waals surface area contributed by atoms with Gasteiger partial charge in [-0.1, -0.05) is 30.3 Å². The number of rotatable bonds is 6. The van der Waals surface area contributed by atoms with Crippen molar-refractivity contribution in [2.75, 3.05) is 11.5 Å². The van der Waals surface area contributed by atoms with E-state index in [2.05, 4.69) is 4.98 Å². The molecule has 0 atom stereocenters. The van der Waals surface area contributed by atoms with Gasteiger partial charge in [-0.3, -0.25) is 4.79 Å². The molecule has 0 unspecified atom stereocenters. The van der Waals surface area contributed by atoms with Gasteiger partial charge in [-0.25, -0.2) is 9.78 Å². The molecule has 1 aromatic heterocycles. The highest BCUT2D eigenvalue weighted by Crippen LogP contribution is 2.17. The molecule has 27 heavy (non-hydrogen) atoms. The monoisotopic (exact) mass is 364 g/mol. The van der Waals surface area contributed by atoms with Crippen LogP contribution in [0.4, 0.5) is 5.69 Å². The maximum absolute atomic E-state index is 12.5. The van der Waals surface area contributed by atoms with Crippen molar-refractivity contribution < 1.29 is 18.7 Å². The Kier molecular flexibility index (Phi) is 5.66. The molecule has 0 bridgehead atoms. The van der Waals surface area contributed by atoms with Crippen LogP contribution >= 0.6 is 0 Å². The summed E-state index contributed by atoms with van der Waals surface area (Å²) in [6.07, 6.45) is 2.62. The lowest BCUT2D eigenvalue weighted by molar-refractivity contribution is -0.143. The molecule has 3 aromatic rings. The summed E-state index contributed by atoms with van der Waals surface area (Å²) in [4.78, 5) is 30.2. The summed E-state index contributed by atoms with van der Waals surface area (Å²) >= 11 is 0. The highest BCUT2D eigenvalue weighted by atomic mass is 16.5. The van der Waals surface area contributed by atoms with Gasteiger partial charge in [0.1, 0.15) is 5.52 Å². The zero-order valence-electron chi connectivity index (χ0n) is 15.2. The molecular formula is C21H20N2O4. The zero-order chi connectivity index (χ0) is 19.2. The minimum Gasteiger partial charge on any atom is -0.452 e. The van der Waals surface area contributed by atoms with Crippen molar-refractivity contribution in [3.05, 3.63) is 66.6 Å². The maximum Gasteiger partial charge on any atom is 0.331 e. The van der Waals surface area contributed by atoms with Gasteiger partial charge in [0.15, 0.2) is 12.2 Å². The summed E-state index contributed by atoms with van der Waals surface area (Å²) in [5, 5.41) is 0. The minimum atomic E-state index is -0.637. The largest absolute Gasteiger partial charge is 0.452 e. The van der Waals surface area contributed by atoms with E-state index in [0.717, 1.165) is 5.69 Å². The Balaban J connectivity index is 1.59. The number of fused-ring (bicyclic) bond motifs is 1. The average Bonchev–Trinajstić information content (AvgIpc) is 3.08. The molecule has 0 spiro atoms. The average molecular weight is 364 g/mol. The van der Waals surface area contributed by atoms with Gasteiger partial charge in [0, 0.05) is 23.9 Å². The molecule has 6 nitrogen and oxygen atoms in total. The molecular weight excluding hydrogens is 344 g/mol. The molecule has 0 saturated heterocycles. The van der Waals surface area contributed by atoms with Crippen LogP contribution in [0.3, 0.4) is 0 Å². The fourth-order valence-electron chi connectivity index (χ4n) is 2.67. The third-order valence-corrected chi connectivity index (χ3v) is 3.83. The number of esters is 1. The normalized spacial score (nSPS) is 11.2. The number of oxazole rings is 1. The van der Waals surface area contributed by atoms with E-state index in [1.807, 2.05) is 62.4 Å². The molecule has 6 heteroatoms. The zero-order valence-corrected chi connectivity index (χ0v) is 15.2. The second-order valence-corrected chi connectivity index (χ2v) is 6.15. The molecule has 0 fully saturated rings. The fourth-order valence-corrected chi connectivity index (χ4v) is 2.67. The van der Waals surface area contributed by atoms with Crippen LogP contribution in [-0.4, -0.2) is 29.5 Å². The van der Waals surface area contributed by atoms with Crippen LogP contribution in [0.15, 0.2) is 65.1 Å². The van der Waals surface area contributed by atoms with Crippen molar-refractivity contribution in [1.82, 2.24) is 4.98 Å². The smallest absolute Gasteiger partial charge is 0.331 e. The number of anilines is 1. The number of hydrogen-bond acceptors (Lipinski definition) is 5. The summed E-state index contributed by atoms with van der Waals surface area (Å²) in [6.45, 7) is 3.46. The summed E-state index contributed by atoms with van der Waals surface area (Å²) in [7, 11) is 0. The van der Waals surface area contributed by atoms with Gasteiger partial charge in [-0.2, -0.15) is 0 Å². The number of benzene rings is 2. The molecule has 0 radical (unpaired) electrons. The molecule has 138 valence electrons. The van der Waals surface area contributed by atoms with E-state index in [1.54, 1.807) is 11.0 Å². The molecule has 0 N–H and O–H groups in total. The van der Waals surface area contributed by atoms with E-state index < -0.39 is 5.97 Å². The maximum atomic E-state index is 12.5. The Morgan fingerprint density at radius 1 is 1.11 bits per heavy atom. The predicted octanol–water partition coefficient (Wildman–Crippen LogP) is 3.83. The number of carbonyl (C=O) groups is 2. The van der Waals surface area contributed by atoms with Crippen LogP contribution in [0.1, 0.15) is 19.7 Å². The number of hydrogen-bond donors (Lipinski definition) is 0. The summed E-state index contributed by atoms with van der Waals surface area (Å²) in [5.41, 5.74) is 2.10. The summed E-state index contributed by atoms with van der Waals surface area (Å²) < 4.78 is 10.6. The highest BCUT2D eigenvalue weighted by molar-refractivity contribution is 5.96. The lowest BCUT2D eigenvalue weighted by Crippen LogP contribution is -2.39. The molecule has 1 heterocycles. The SMILES string of the molecule is CC(C)N(C(=O)COC(=O)/C=C/c1nc2ccccc2o1)c1ccccc1. The van der Waals surface area contributed by atoms with Crippen LogP contribution in [0, 0.1) is 0 Å². The fraction of sp³-hybridized carbons (Fsp3) is 0.190. The van der Waals surface area contributed by atoms with E-state index in [-0.39, 0.29) is 18.6 Å². The molecule has 0 aliphatic heterocycles. The number of aromatic nitrogens is 1. The molecule has 0 aliphatic carbocycles. The van der Waals surface area contributed by atoms with Gasteiger partial charge in [0.2, 0.25) is 5.89 Å². The Morgan fingerprint density at radius 3 is 2.52 bits per heavy atom. The van der Waals surface area contributed by atoms with E-state index in [4.69, 9.17) is 9.15 Å².